The number of nitrogens with one attached hydrogen (secondary N) is 1. The van der Waals surface area contributed by atoms with Gasteiger partial charge >= 0.3 is 0 Å². The number of rotatable bonds is 4. The molecule has 2 fully saturated rings. The second-order valence-corrected chi connectivity index (χ2v) is 5.77. The molecule has 1 heterocycles. The topological polar surface area (TPSA) is 15.3 Å². The summed E-state index contributed by atoms with van der Waals surface area (Å²) in [5.41, 5.74) is 0. The van der Waals surface area contributed by atoms with E-state index in [0.717, 1.165) is 12.0 Å². The Labute approximate surface area is 125 Å². The van der Waals surface area contributed by atoms with Crippen molar-refractivity contribution < 1.29 is 0 Å². The number of piperidine rings is 1. The first-order valence-corrected chi connectivity index (χ1v) is 7.27. The van der Waals surface area contributed by atoms with Gasteiger partial charge in [-0.05, 0) is 64.7 Å². The highest BCUT2D eigenvalue weighted by Gasteiger charge is 2.19. The molecule has 0 amide bonds. The highest BCUT2D eigenvalue weighted by molar-refractivity contribution is 5.85. The van der Waals surface area contributed by atoms with Crippen LogP contribution in [0.2, 0.25) is 0 Å². The molecule has 1 unspecified atom stereocenters. The van der Waals surface area contributed by atoms with Crippen molar-refractivity contribution >= 4 is 24.8 Å². The van der Waals surface area contributed by atoms with Crippen molar-refractivity contribution in [2.45, 2.75) is 57.4 Å². The van der Waals surface area contributed by atoms with Crippen LogP contribution in [-0.4, -0.2) is 37.6 Å². The number of hydrogen-bond donors (Lipinski definition) is 1. The van der Waals surface area contributed by atoms with Gasteiger partial charge in [-0.3, -0.25) is 0 Å². The maximum Gasteiger partial charge on any atom is 0.00922 e. The van der Waals surface area contributed by atoms with Gasteiger partial charge in [-0.15, -0.1) is 24.8 Å². The summed E-state index contributed by atoms with van der Waals surface area (Å²) in [6.45, 7) is 3.82. The normalized spacial score (nSPS) is 25.3. The Bertz CT molecular complexity index is 190. The van der Waals surface area contributed by atoms with Crippen molar-refractivity contribution in [3.8, 4) is 0 Å². The third kappa shape index (κ3) is 6.10. The van der Waals surface area contributed by atoms with Gasteiger partial charge in [0.2, 0.25) is 0 Å². The minimum atomic E-state index is 0. The SMILES string of the molecule is CN(CCC1CCCNC1)C1CCCCC1.Cl.Cl. The monoisotopic (exact) mass is 296 g/mol. The lowest BCUT2D eigenvalue weighted by molar-refractivity contribution is 0.175. The summed E-state index contributed by atoms with van der Waals surface area (Å²) in [4.78, 5) is 2.63. The van der Waals surface area contributed by atoms with Crippen LogP contribution in [0.25, 0.3) is 0 Å². The minimum absolute atomic E-state index is 0. The van der Waals surface area contributed by atoms with Crippen LogP contribution in [0, 0.1) is 5.92 Å². The van der Waals surface area contributed by atoms with Crippen LogP contribution in [0.4, 0.5) is 0 Å². The summed E-state index contributed by atoms with van der Waals surface area (Å²) in [5, 5.41) is 3.52. The zero-order valence-electron chi connectivity index (χ0n) is 11.7. The lowest BCUT2D eigenvalue weighted by atomic mass is 9.92. The molecule has 1 aliphatic heterocycles. The highest BCUT2D eigenvalue weighted by Crippen LogP contribution is 2.22. The van der Waals surface area contributed by atoms with Crippen LogP contribution < -0.4 is 5.32 Å². The molecule has 2 rings (SSSR count). The van der Waals surface area contributed by atoms with Gasteiger partial charge < -0.3 is 10.2 Å². The lowest BCUT2D eigenvalue weighted by Crippen LogP contribution is -2.37. The number of nitrogens with zero attached hydrogens (tertiary/aromatic N) is 1. The fraction of sp³-hybridized carbons (Fsp3) is 1.00. The second kappa shape index (κ2) is 10.3. The molecule has 110 valence electrons. The Kier molecular flexibility index (Phi) is 10.6. The molecule has 0 aromatic rings. The van der Waals surface area contributed by atoms with Gasteiger partial charge in [0.15, 0.2) is 0 Å². The van der Waals surface area contributed by atoms with Gasteiger partial charge in [0.25, 0.3) is 0 Å². The van der Waals surface area contributed by atoms with E-state index < -0.39 is 0 Å². The molecule has 0 radical (unpaired) electrons. The van der Waals surface area contributed by atoms with Crippen LogP contribution in [0.15, 0.2) is 0 Å². The molecule has 1 N–H and O–H groups in total. The zero-order valence-corrected chi connectivity index (χ0v) is 13.3. The summed E-state index contributed by atoms with van der Waals surface area (Å²) in [7, 11) is 2.34. The molecule has 2 aliphatic rings. The molecule has 4 heteroatoms. The lowest BCUT2D eigenvalue weighted by Gasteiger charge is -2.33. The molecule has 0 aromatic carbocycles. The van der Waals surface area contributed by atoms with Crippen LogP contribution in [0.3, 0.4) is 0 Å². The Hall–Kier alpha value is 0.500. The fourth-order valence-electron chi connectivity index (χ4n) is 3.26. The quantitative estimate of drug-likeness (QED) is 0.854. The Morgan fingerprint density at radius 3 is 2.33 bits per heavy atom. The van der Waals surface area contributed by atoms with E-state index in [1.54, 1.807) is 0 Å². The standard InChI is InChI=1S/C14H28N2.2ClH/c1-16(14-7-3-2-4-8-14)11-9-13-6-5-10-15-12-13;;/h13-15H,2-12H2,1H3;2*1H. The summed E-state index contributed by atoms with van der Waals surface area (Å²) < 4.78 is 0. The van der Waals surface area contributed by atoms with E-state index in [0.29, 0.717) is 0 Å². The van der Waals surface area contributed by atoms with Crippen LogP contribution >= 0.6 is 24.8 Å². The maximum absolute atomic E-state index is 3.52. The molecule has 1 atom stereocenters. The van der Waals surface area contributed by atoms with Crippen molar-refractivity contribution in [1.29, 1.82) is 0 Å². The van der Waals surface area contributed by atoms with Crippen molar-refractivity contribution in [2.75, 3.05) is 26.7 Å². The van der Waals surface area contributed by atoms with E-state index >= 15 is 0 Å². The average molecular weight is 297 g/mol. The predicted molar refractivity (Wildman–Crippen MR) is 84.2 cm³/mol. The van der Waals surface area contributed by atoms with Gasteiger partial charge in [0.1, 0.15) is 0 Å². The van der Waals surface area contributed by atoms with Crippen LogP contribution in [0.1, 0.15) is 51.4 Å². The average Bonchev–Trinajstić information content (AvgIpc) is 2.38. The third-order valence-electron chi connectivity index (χ3n) is 4.49. The van der Waals surface area contributed by atoms with Crippen molar-refractivity contribution in [2.24, 2.45) is 5.92 Å². The zero-order chi connectivity index (χ0) is 11.2. The molecule has 0 bridgehead atoms. The molecule has 18 heavy (non-hydrogen) atoms. The molecule has 1 aliphatic carbocycles. The number of hydrogen-bond acceptors (Lipinski definition) is 2. The van der Waals surface area contributed by atoms with Gasteiger partial charge in [0, 0.05) is 6.04 Å². The number of halogens is 2. The largest absolute Gasteiger partial charge is 0.316 e. The predicted octanol–water partition coefficient (Wildman–Crippen LogP) is 3.48. The Morgan fingerprint density at radius 2 is 1.72 bits per heavy atom. The van der Waals surface area contributed by atoms with Gasteiger partial charge in [-0.2, -0.15) is 0 Å². The Morgan fingerprint density at radius 1 is 1.00 bits per heavy atom. The van der Waals surface area contributed by atoms with E-state index in [-0.39, 0.29) is 24.8 Å². The van der Waals surface area contributed by atoms with E-state index in [4.69, 9.17) is 0 Å². The van der Waals surface area contributed by atoms with Gasteiger partial charge in [-0.1, -0.05) is 19.3 Å². The molecule has 1 saturated carbocycles. The summed E-state index contributed by atoms with van der Waals surface area (Å²) in [5.74, 6) is 0.944. The Balaban J connectivity index is 0.00000144. The fourth-order valence-corrected chi connectivity index (χ4v) is 3.26. The van der Waals surface area contributed by atoms with Gasteiger partial charge in [0.05, 0.1) is 0 Å². The van der Waals surface area contributed by atoms with E-state index in [1.807, 2.05) is 0 Å². The highest BCUT2D eigenvalue weighted by atomic mass is 35.5. The molecule has 2 nitrogen and oxygen atoms in total. The minimum Gasteiger partial charge on any atom is -0.316 e. The maximum atomic E-state index is 3.52. The van der Waals surface area contributed by atoms with Crippen LogP contribution in [-0.2, 0) is 0 Å². The van der Waals surface area contributed by atoms with Crippen molar-refractivity contribution in [1.82, 2.24) is 10.2 Å². The van der Waals surface area contributed by atoms with Crippen molar-refractivity contribution in [3.63, 3.8) is 0 Å². The van der Waals surface area contributed by atoms with Crippen LogP contribution in [0.5, 0.6) is 0 Å². The van der Waals surface area contributed by atoms with Crippen molar-refractivity contribution in [3.05, 3.63) is 0 Å². The first kappa shape index (κ1) is 18.5. The second-order valence-electron chi connectivity index (χ2n) is 5.77. The smallest absolute Gasteiger partial charge is 0.00922 e. The summed E-state index contributed by atoms with van der Waals surface area (Å²) in [6.07, 6.45) is 11.5. The summed E-state index contributed by atoms with van der Waals surface area (Å²) >= 11 is 0. The molecule has 0 spiro atoms. The molecule has 0 aromatic heterocycles. The molecular formula is C14H30Cl2N2. The van der Waals surface area contributed by atoms with E-state index in [9.17, 15) is 0 Å². The van der Waals surface area contributed by atoms with E-state index in [2.05, 4.69) is 17.3 Å². The van der Waals surface area contributed by atoms with E-state index in [1.165, 1.54) is 71.0 Å². The summed E-state index contributed by atoms with van der Waals surface area (Å²) in [6, 6.07) is 0.894. The first-order chi connectivity index (χ1) is 7.86. The third-order valence-corrected chi connectivity index (χ3v) is 4.49. The molecule has 1 saturated heterocycles. The first-order valence-electron chi connectivity index (χ1n) is 7.27. The molecular weight excluding hydrogens is 267 g/mol. The van der Waals surface area contributed by atoms with Gasteiger partial charge in [-0.25, -0.2) is 0 Å².